The van der Waals surface area contributed by atoms with Crippen molar-refractivity contribution in [1.82, 2.24) is 9.88 Å². The highest BCUT2D eigenvalue weighted by molar-refractivity contribution is 9.10. The molecule has 2 heterocycles. The molecule has 2 rings (SSSR count). The van der Waals surface area contributed by atoms with Crippen LogP contribution >= 0.6 is 15.9 Å². The van der Waals surface area contributed by atoms with Crippen LogP contribution in [0, 0.1) is 5.92 Å². The molecule has 0 aliphatic carbocycles. The topological polar surface area (TPSA) is 33.2 Å². The first kappa shape index (κ1) is 12.6. The van der Waals surface area contributed by atoms with Crippen LogP contribution in [0.5, 0.6) is 0 Å². The highest BCUT2D eigenvalue weighted by Gasteiger charge is 2.20. The van der Waals surface area contributed by atoms with Crippen molar-refractivity contribution in [2.75, 3.05) is 13.1 Å². The van der Waals surface area contributed by atoms with Crippen LogP contribution in [0.2, 0.25) is 0 Å². The fourth-order valence-electron chi connectivity index (χ4n) is 2.25. The molecule has 1 unspecified atom stereocenters. The van der Waals surface area contributed by atoms with Crippen LogP contribution in [-0.4, -0.2) is 28.9 Å². The lowest BCUT2D eigenvalue weighted by molar-refractivity contribution is -0.132. The van der Waals surface area contributed by atoms with Gasteiger partial charge >= 0.3 is 0 Å². The molecule has 1 atom stereocenters. The van der Waals surface area contributed by atoms with E-state index in [4.69, 9.17) is 0 Å². The second-order valence-corrected chi connectivity index (χ2v) is 5.69. The molecule has 1 amide bonds. The van der Waals surface area contributed by atoms with Gasteiger partial charge in [-0.25, -0.2) is 0 Å². The van der Waals surface area contributed by atoms with Crippen molar-refractivity contribution >= 4 is 21.8 Å². The third-order valence-corrected chi connectivity index (χ3v) is 3.56. The molecule has 0 radical (unpaired) electrons. The number of carbonyl (C=O) groups excluding carboxylic acids is 1. The molecule has 1 aromatic heterocycles. The Morgan fingerprint density at radius 1 is 1.59 bits per heavy atom. The van der Waals surface area contributed by atoms with Gasteiger partial charge in [-0.05, 0) is 46.3 Å². The van der Waals surface area contributed by atoms with Gasteiger partial charge in [0.05, 0.1) is 6.42 Å². The predicted molar refractivity (Wildman–Crippen MR) is 70.6 cm³/mol. The zero-order valence-corrected chi connectivity index (χ0v) is 11.6. The number of rotatable bonds is 2. The molecule has 1 aliphatic rings. The molecule has 92 valence electrons. The Morgan fingerprint density at radius 3 is 3.12 bits per heavy atom. The third-order valence-electron chi connectivity index (χ3n) is 3.13. The summed E-state index contributed by atoms with van der Waals surface area (Å²) in [7, 11) is 0. The summed E-state index contributed by atoms with van der Waals surface area (Å²) in [5, 5.41) is 0. The predicted octanol–water partition coefficient (Wildman–Crippen LogP) is 2.65. The van der Waals surface area contributed by atoms with Gasteiger partial charge in [0.1, 0.15) is 0 Å². The SMILES string of the molecule is CC1CCCN(C(=O)Cc2cncc(Br)c2)C1. The zero-order chi connectivity index (χ0) is 12.3. The number of piperidine rings is 1. The molecule has 1 fully saturated rings. The molecule has 0 N–H and O–H groups in total. The lowest BCUT2D eigenvalue weighted by Gasteiger charge is -2.31. The van der Waals surface area contributed by atoms with Gasteiger partial charge in [0.2, 0.25) is 5.91 Å². The molecule has 1 aromatic rings. The summed E-state index contributed by atoms with van der Waals surface area (Å²) in [4.78, 5) is 18.2. The molecule has 0 bridgehead atoms. The van der Waals surface area contributed by atoms with Crippen molar-refractivity contribution in [3.63, 3.8) is 0 Å². The Labute approximate surface area is 110 Å². The van der Waals surface area contributed by atoms with Crippen LogP contribution in [0.1, 0.15) is 25.3 Å². The first-order valence-electron chi connectivity index (χ1n) is 6.02. The van der Waals surface area contributed by atoms with Crippen molar-refractivity contribution in [3.8, 4) is 0 Å². The Balaban J connectivity index is 1.96. The van der Waals surface area contributed by atoms with Gasteiger partial charge in [0.25, 0.3) is 0 Å². The minimum absolute atomic E-state index is 0.219. The van der Waals surface area contributed by atoms with E-state index in [0.29, 0.717) is 12.3 Å². The van der Waals surface area contributed by atoms with Crippen LogP contribution in [-0.2, 0) is 11.2 Å². The van der Waals surface area contributed by atoms with Gasteiger partial charge in [0, 0.05) is 30.0 Å². The number of pyridine rings is 1. The number of nitrogens with zero attached hydrogens (tertiary/aromatic N) is 2. The van der Waals surface area contributed by atoms with E-state index in [-0.39, 0.29) is 5.91 Å². The van der Waals surface area contributed by atoms with Crippen LogP contribution < -0.4 is 0 Å². The normalized spacial score (nSPS) is 20.4. The molecule has 1 aliphatic heterocycles. The van der Waals surface area contributed by atoms with Crippen molar-refractivity contribution in [1.29, 1.82) is 0 Å². The monoisotopic (exact) mass is 296 g/mol. The fourth-order valence-corrected chi connectivity index (χ4v) is 2.67. The van der Waals surface area contributed by atoms with Crippen molar-refractivity contribution < 1.29 is 4.79 Å². The van der Waals surface area contributed by atoms with Crippen LogP contribution in [0.3, 0.4) is 0 Å². The van der Waals surface area contributed by atoms with Gasteiger partial charge in [-0.15, -0.1) is 0 Å². The van der Waals surface area contributed by atoms with E-state index in [1.54, 1.807) is 12.4 Å². The fraction of sp³-hybridized carbons (Fsp3) is 0.538. The molecule has 0 saturated carbocycles. The zero-order valence-electron chi connectivity index (χ0n) is 10.0. The summed E-state index contributed by atoms with van der Waals surface area (Å²) in [6.07, 6.45) is 6.32. The van der Waals surface area contributed by atoms with Crippen LogP contribution in [0.15, 0.2) is 22.9 Å². The van der Waals surface area contributed by atoms with E-state index in [9.17, 15) is 4.79 Å². The number of aromatic nitrogens is 1. The highest BCUT2D eigenvalue weighted by atomic mass is 79.9. The summed E-state index contributed by atoms with van der Waals surface area (Å²) in [6.45, 7) is 4.02. The van der Waals surface area contributed by atoms with Crippen LogP contribution in [0.25, 0.3) is 0 Å². The van der Waals surface area contributed by atoms with Gasteiger partial charge in [-0.1, -0.05) is 6.92 Å². The average molecular weight is 297 g/mol. The Bertz CT molecular complexity index is 408. The third kappa shape index (κ3) is 3.53. The van der Waals surface area contributed by atoms with Crippen LogP contribution in [0.4, 0.5) is 0 Å². The summed E-state index contributed by atoms with van der Waals surface area (Å²) >= 11 is 3.37. The van der Waals surface area contributed by atoms with Gasteiger partial charge in [0.15, 0.2) is 0 Å². The second kappa shape index (κ2) is 5.63. The molecule has 0 aromatic carbocycles. The number of hydrogen-bond acceptors (Lipinski definition) is 2. The summed E-state index contributed by atoms with van der Waals surface area (Å²) in [6, 6.07) is 1.96. The lowest BCUT2D eigenvalue weighted by Crippen LogP contribution is -2.39. The smallest absolute Gasteiger partial charge is 0.227 e. The summed E-state index contributed by atoms with van der Waals surface area (Å²) in [5.74, 6) is 0.852. The molecule has 0 spiro atoms. The maximum atomic E-state index is 12.1. The molecule has 3 nitrogen and oxygen atoms in total. The minimum Gasteiger partial charge on any atom is -0.342 e. The lowest BCUT2D eigenvalue weighted by atomic mass is 10.00. The molecule has 4 heteroatoms. The van der Waals surface area contributed by atoms with Gasteiger partial charge in [-0.2, -0.15) is 0 Å². The first-order valence-corrected chi connectivity index (χ1v) is 6.81. The van der Waals surface area contributed by atoms with E-state index in [0.717, 1.165) is 29.5 Å². The standard InChI is InChI=1S/C13H17BrN2O/c1-10-3-2-4-16(9-10)13(17)6-11-5-12(14)8-15-7-11/h5,7-8,10H,2-4,6,9H2,1H3. The number of likely N-dealkylation sites (tertiary alicyclic amines) is 1. The van der Waals surface area contributed by atoms with E-state index in [2.05, 4.69) is 27.8 Å². The van der Waals surface area contributed by atoms with Gasteiger partial charge < -0.3 is 4.90 Å². The Hall–Kier alpha value is -0.900. The van der Waals surface area contributed by atoms with E-state index in [1.165, 1.54) is 6.42 Å². The van der Waals surface area contributed by atoms with E-state index < -0.39 is 0 Å². The Kier molecular flexibility index (Phi) is 4.15. The van der Waals surface area contributed by atoms with Gasteiger partial charge in [-0.3, -0.25) is 9.78 Å². The number of carbonyl (C=O) groups is 1. The maximum Gasteiger partial charge on any atom is 0.227 e. The molecule has 17 heavy (non-hydrogen) atoms. The second-order valence-electron chi connectivity index (χ2n) is 4.78. The number of hydrogen-bond donors (Lipinski definition) is 0. The number of halogens is 1. The highest BCUT2D eigenvalue weighted by Crippen LogP contribution is 2.17. The average Bonchev–Trinajstić information content (AvgIpc) is 2.29. The van der Waals surface area contributed by atoms with E-state index in [1.807, 2.05) is 11.0 Å². The molecular formula is C13H17BrN2O. The molecular weight excluding hydrogens is 280 g/mol. The van der Waals surface area contributed by atoms with Crippen molar-refractivity contribution in [3.05, 3.63) is 28.5 Å². The largest absolute Gasteiger partial charge is 0.342 e. The minimum atomic E-state index is 0.219. The maximum absolute atomic E-state index is 12.1. The Morgan fingerprint density at radius 2 is 2.41 bits per heavy atom. The van der Waals surface area contributed by atoms with Crippen molar-refractivity contribution in [2.24, 2.45) is 5.92 Å². The van der Waals surface area contributed by atoms with Crippen molar-refractivity contribution in [2.45, 2.75) is 26.2 Å². The van der Waals surface area contributed by atoms with E-state index >= 15 is 0 Å². The molecule has 1 saturated heterocycles. The quantitative estimate of drug-likeness (QED) is 0.841. The summed E-state index contributed by atoms with van der Waals surface area (Å²) in [5.41, 5.74) is 0.975. The first-order chi connectivity index (χ1) is 8.15. The summed E-state index contributed by atoms with van der Waals surface area (Å²) < 4.78 is 0.926. The number of amides is 1.